The summed E-state index contributed by atoms with van der Waals surface area (Å²) in [7, 11) is -3.19. The molecule has 1 aromatic heterocycles. The van der Waals surface area contributed by atoms with Crippen molar-refractivity contribution in [1.29, 1.82) is 0 Å². The molecule has 0 aromatic carbocycles. The Hall–Kier alpha value is -1.71. The van der Waals surface area contributed by atoms with Gasteiger partial charge in [-0.3, -0.25) is 4.79 Å². The lowest BCUT2D eigenvalue weighted by Crippen LogP contribution is -2.29. The molecule has 9 heteroatoms. The maximum Gasteiger partial charge on any atom is 0.251 e. The van der Waals surface area contributed by atoms with Gasteiger partial charge in [-0.15, -0.1) is 0 Å². The van der Waals surface area contributed by atoms with Crippen LogP contribution in [-0.2, 0) is 16.4 Å². The minimum absolute atomic E-state index is 0.247. The molecule has 0 spiro atoms. The lowest BCUT2D eigenvalue weighted by Gasteiger charge is -2.08. The quantitative estimate of drug-likeness (QED) is 0.294. The number of nitrogens with zero attached hydrogens (tertiary/aromatic N) is 1. The van der Waals surface area contributed by atoms with Crippen molar-refractivity contribution < 1.29 is 13.2 Å². The van der Waals surface area contributed by atoms with Crippen LogP contribution in [0.15, 0.2) is 12.1 Å². The largest absolute Gasteiger partial charge is 0.352 e. The molecule has 1 amide bonds. The number of amides is 1. The van der Waals surface area contributed by atoms with E-state index in [1.54, 1.807) is 12.1 Å². The molecule has 8 nitrogen and oxygen atoms in total. The summed E-state index contributed by atoms with van der Waals surface area (Å²) in [6, 6.07) is 3.26. The first-order valence-electron chi connectivity index (χ1n) is 6.56. The molecule has 0 saturated heterocycles. The highest BCUT2D eigenvalue weighted by Crippen LogP contribution is 2.10. The van der Waals surface area contributed by atoms with Crippen LogP contribution in [0.2, 0.25) is 0 Å². The standard InChI is InChI=1S/C12H21N5O3S/c1-3-10-7-9(8-11(16-10)17-13)12(18)14-5-4-6-15-21(2,19)20/h7-8,15H,3-6,13H2,1-2H3,(H,14,18)(H,16,17). The summed E-state index contributed by atoms with van der Waals surface area (Å²) < 4.78 is 24.1. The summed E-state index contributed by atoms with van der Waals surface area (Å²) in [5, 5.41) is 2.72. The zero-order valence-corrected chi connectivity index (χ0v) is 13.0. The minimum atomic E-state index is -3.19. The van der Waals surface area contributed by atoms with Gasteiger partial charge in [0.2, 0.25) is 10.0 Å². The number of rotatable bonds is 8. The number of anilines is 1. The van der Waals surface area contributed by atoms with Gasteiger partial charge in [0.25, 0.3) is 5.91 Å². The Kier molecular flexibility index (Phi) is 6.53. The van der Waals surface area contributed by atoms with Crippen molar-refractivity contribution in [3.8, 4) is 0 Å². The molecule has 118 valence electrons. The van der Waals surface area contributed by atoms with Gasteiger partial charge in [-0.2, -0.15) is 0 Å². The Morgan fingerprint density at radius 3 is 2.62 bits per heavy atom. The van der Waals surface area contributed by atoms with E-state index < -0.39 is 10.0 Å². The summed E-state index contributed by atoms with van der Waals surface area (Å²) in [5.41, 5.74) is 3.64. The van der Waals surface area contributed by atoms with Crippen LogP contribution in [0, 0.1) is 0 Å². The van der Waals surface area contributed by atoms with Crippen LogP contribution >= 0.6 is 0 Å². The third-order valence-electron chi connectivity index (χ3n) is 2.65. The lowest BCUT2D eigenvalue weighted by atomic mass is 10.2. The minimum Gasteiger partial charge on any atom is -0.352 e. The van der Waals surface area contributed by atoms with E-state index in [1.165, 1.54) is 0 Å². The van der Waals surface area contributed by atoms with Gasteiger partial charge in [0.15, 0.2) is 0 Å². The molecule has 21 heavy (non-hydrogen) atoms. The molecule has 1 heterocycles. The number of nitrogen functional groups attached to an aromatic ring is 1. The van der Waals surface area contributed by atoms with Gasteiger partial charge in [0, 0.05) is 24.3 Å². The van der Waals surface area contributed by atoms with Gasteiger partial charge in [-0.1, -0.05) is 6.92 Å². The van der Waals surface area contributed by atoms with E-state index in [2.05, 4.69) is 20.4 Å². The third-order valence-corrected chi connectivity index (χ3v) is 3.38. The van der Waals surface area contributed by atoms with Crippen molar-refractivity contribution in [2.24, 2.45) is 5.84 Å². The Bertz CT molecular complexity index is 566. The second kappa shape index (κ2) is 7.91. The van der Waals surface area contributed by atoms with Crippen molar-refractivity contribution in [3.63, 3.8) is 0 Å². The second-order valence-corrected chi connectivity index (χ2v) is 6.34. The molecule has 0 bridgehead atoms. The molecule has 0 aliphatic heterocycles. The Balaban J connectivity index is 2.52. The zero-order chi connectivity index (χ0) is 15.9. The first-order chi connectivity index (χ1) is 9.85. The van der Waals surface area contributed by atoms with Crippen molar-refractivity contribution in [2.75, 3.05) is 24.8 Å². The number of carbonyl (C=O) groups is 1. The van der Waals surface area contributed by atoms with E-state index in [4.69, 9.17) is 5.84 Å². The van der Waals surface area contributed by atoms with E-state index in [-0.39, 0.29) is 12.5 Å². The molecule has 0 unspecified atom stereocenters. The van der Waals surface area contributed by atoms with Gasteiger partial charge in [-0.25, -0.2) is 24.0 Å². The van der Waals surface area contributed by atoms with Crippen molar-refractivity contribution in [3.05, 3.63) is 23.4 Å². The highest BCUT2D eigenvalue weighted by molar-refractivity contribution is 7.88. The van der Waals surface area contributed by atoms with Crippen molar-refractivity contribution >= 4 is 21.7 Å². The zero-order valence-electron chi connectivity index (χ0n) is 12.1. The Labute approximate surface area is 124 Å². The molecule has 1 rings (SSSR count). The summed E-state index contributed by atoms with van der Waals surface area (Å²) in [4.78, 5) is 16.2. The van der Waals surface area contributed by atoms with Gasteiger partial charge in [-0.05, 0) is 25.0 Å². The molecular formula is C12H21N5O3S. The van der Waals surface area contributed by atoms with Crippen LogP contribution in [0.25, 0.3) is 0 Å². The topological polar surface area (TPSA) is 126 Å². The number of hydrogen-bond acceptors (Lipinski definition) is 6. The number of hydrazine groups is 1. The summed E-state index contributed by atoms with van der Waals surface area (Å²) in [6.07, 6.45) is 2.29. The predicted molar refractivity (Wildman–Crippen MR) is 81.2 cm³/mol. The van der Waals surface area contributed by atoms with Gasteiger partial charge >= 0.3 is 0 Å². The number of aryl methyl sites for hydroxylation is 1. The number of nitrogens with one attached hydrogen (secondary N) is 3. The SMILES string of the molecule is CCc1cc(C(=O)NCCCNS(C)(=O)=O)cc(NN)n1. The molecule has 0 aliphatic carbocycles. The Morgan fingerprint density at radius 2 is 2.05 bits per heavy atom. The van der Waals surface area contributed by atoms with Crippen LogP contribution < -0.4 is 21.3 Å². The van der Waals surface area contributed by atoms with E-state index >= 15 is 0 Å². The molecular weight excluding hydrogens is 294 g/mol. The first-order valence-corrected chi connectivity index (χ1v) is 8.45. The van der Waals surface area contributed by atoms with E-state index in [0.717, 1.165) is 11.9 Å². The maximum atomic E-state index is 12.0. The van der Waals surface area contributed by atoms with E-state index in [9.17, 15) is 13.2 Å². The van der Waals surface area contributed by atoms with Crippen LogP contribution in [0.1, 0.15) is 29.4 Å². The molecule has 0 saturated carbocycles. The number of carbonyl (C=O) groups excluding carboxylic acids is 1. The lowest BCUT2D eigenvalue weighted by molar-refractivity contribution is 0.0953. The van der Waals surface area contributed by atoms with Gasteiger partial charge < -0.3 is 10.7 Å². The van der Waals surface area contributed by atoms with Gasteiger partial charge in [0.05, 0.1) is 6.26 Å². The normalized spacial score (nSPS) is 11.2. The molecule has 1 aromatic rings. The predicted octanol–water partition coefficient (Wildman–Crippen LogP) is -0.401. The smallest absolute Gasteiger partial charge is 0.251 e. The highest BCUT2D eigenvalue weighted by Gasteiger charge is 2.09. The average Bonchev–Trinajstić information content (AvgIpc) is 2.44. The maximum absolute atomic E-state index is 12.0. The number of sulfonamides is 1. The number of pyridine rings is 1. The summed E-state index contributed by atoms with van der Waals surface area (Å²) >= 11 is 0. The highest BCUT2D eigenvalue weighted by atomic mass is 32.2. The number of aromatic nitrogens is 1. The van der Waals surface area contributed by atoms with Crippen LogP contribution in [0.4, 0.5) is 5.82 Å². The third kappa shape index (κ3) is 6.52. The first kappa shape index (κ1) is 17.3. The second-order valence-electron chi connectivity index (χ2n) is 4.51. The number of nitrogens with two attached hydrogens (primary N) is 1. The molecule has 0 aliphatic rings. The molecule has 0 atom stereocenters. The summed E-state index contributed by atoms with van der Waals surface area (Å²) in [6.45, 7) is 2.59. The van der Waals surface area contributed by atoms with Crippen LogP contribution in [-0.4, -0.2) is 38.7 Å². The van der Waals surface area contributed by atoms with E-state index in [1.807, 2.05) is 6.92 Å². The van der Waals surface area contributed by atoms with Crippen LogP contribution in [0.5, 0.6) is 0 Å². The summed E-state index contributed by atoms with van der Waals surface area (Å²) in [5.74, 6) is 5.50. The fourth-order valence-electron chi connectivity index (χ4n) is 1.62. The van der Waals surface area contributed by atoms with E-state index in [0.29, 0.717) is 30.8 Å². The average molecular weight is 315 g/mol. The molecule has 0 fully saturated rings. The Morgan fingerprint density at radius 1 is 1.33 bits per heavy atom. The molecule has 0 radical (unpaired) electrons. The number of hydrogen-bond donors (Lipinski definition) is 4. The fraction of sp³-hybridized carbons (Fsp3) is 0.500. The molecule has 5 N–H and O–H groups in total. The van der Waals surface area contributed by atoms with Gasteiger partial charge in [0.1, 0.15) is 5.82 Å². The van der Waals surface area contributed by atoms with Crippen molar-refractivity contribution in [1.82, 2.24) is 15.0 Å². The fourth-order valence-corrected chi connectivity index (χ4v) is 2.14. The van der Waals surface area contributed by atoms with Crippen LogP contribution in [0.3, 0.4) is 0 Å². The monoisotopic (exact) mass is 315 g/mol. The van der Waals surface area contributed by atoms with Crippen molar-refractivity contribution in [2.45, 2.75) is 19.8 Å².